The number of para-hydroxylation sites is 2. The highest BCUT2D eigenvalue weighted by atomic mass is 79.9. The molecule has 0 saturated heterocycles. The largest absolute Gasteiger partial charge is 0.504 e. The van der Waals surface area contributed by atoms with Gasteiger partial charge in [0.1, 0.15) is 0 Å². The standard InChI is InChI=1S/C13H12BrN3O2/c14-8-4-1-2-6-10(8)16-13(19)17-11-7-3-5-9(15)12(11)18/h1-7,18H,15H2,(H2,16,17,19). The Balaban J connectivity index is 2.10. The molecule has 0 radical (unpaired) electrons. The molecule has 0 fully saturated rings. The molecule has 0 unspecified atom stereocenters. The number of benzene rings is 2. The number of carbonyl (C=O) groups is 1. The summed E-state index contributed by atoms with van der Waals surface area (Å²) in [4.78, 5) is 11.8. The average molecular weight is 322 g/mol. The third-order valence-electron chi connectivity index (χ3n) is 2.44. The van der Waals surface area contributed by atoms with E-state index in [1.807, 2.05) is 12.1 Å². The van der Waals surface area contributed by atoms with Gasteiger partial charge in [-0.2, -0.15) is 0 Å². The van der Waals surface area contributed by atoms with Crippen molar-refractivity contribution in [2.75, 3.05) is 16.4 Å². The fourth-order valence-corrected chi connectivity index (χ4v) is 1.88. The third kappa shape index (κ3) is 3.17. The molecule has 5 nitrogen and oxygen atoms in total. The van der Waals surface area contributed by atoms with E-state index in [0.717, 1.165) is 4.47 Å². The molecule has 0 heterocycles. The molecule has 0 bridgehead atoms. The Morgan fingerprint density at radius 2 is 1.68 bits per heavy atom. The zero-order chi connectivity index (χ0) is 13.8. The van der Waals surface area contributed by atoms with E-state index in [0.29, 0.717) is 5.69 Å². The number of phenols is 1. The van der Waals surface area contributed by atoms with Crippen molar-refractivity contribution in [3.05, 3.63) is 46.9 Å². The van der Waals surface area contributed by atoms with Gasteiger partial charge in [-0.05, 0) is 40.2 Å². The monoisotopic (exact) mass is 321 g/mol. The highest BCUT2D eigenvalue weighted by molar-refractivity contribution is 9.10. The summed E-state index contributed by atoms with van der Waals surface area (Å²) >= 11 is 3.32. The van der Waals surface area contributed by atoms with Crippen molar-refractivity contribution in [1.29, 1.82) is 0 Å². The molecule has 6 heteroatoms. The predicted octanol–water partition coefficient (Wildman–Crippen LogP) is 3.38. The number of carbonyl (C=O) groups excluding carboxylic acids is 1. The van der Waals surface area contributed by atoms with Gasteiger partial charge in [0.25, 0.3) is 0 Å². The van der Waals surface area contributed by atoms with Crippen LogP contribution in [-0.2, 0) is 0 Å². The topological polar surface area (TPSA) is 87.4 Å². The quantitative estimate of drug-likeness (QED) is 0.505. The highest BCUT2D eigenvalue weighted by Gasteiger charge is 2.09. The Morgan fingerprint density at radius 3 is 2.42 bits per heavy atom. The minimum Gasteiger partial charge on any atom is -0.504 e. The number of phenolic OH excluding ortho intramolecular Hbond substituents is 1. The molecule has 2 amide bonds. The lowest BCUT2D eigenvalue weighted by Crippen LogP contribution is -2.19. The molecule has 0 spiro atoms. The van der Waals surface area contributed by atoms with Gasteiger partial charge in [-0.3, -0.25) is 0 Å². The van der Waals surface area contributed by atoms with Crippen molar-refractivity contribution < 1.29 is 9.90 Å². The van der Waals surface area contributed by atoms with E-state index in [1.165, 1.54) is 0 Å². The van der Waals surface area contributed by atoms with E-state index < -0.39 is 6.03 Å². The van der Waals surface area contributed by atoms with E-state index in [-0.39, 0.29) is 17.1 Å². The molecule has 5 N–H and O–H groups in total. The van der Waals surface area contributed by atoms with E-state index in [1.54, 1.807) is 30.3 Å². The van der Waals surface area contributed by atoms with Gasteiger partial charge < -0.3 is 21.5 Å². The lowest BCUT2D eigenvalue weighted by atomic mass is 10.2. The Hall–Kier alpha value is -2.21. The SMILES string of the molecule is Nc1cccc(NC(=O)Nc2ccccc2Br)c1O. The number of nitrogen functional groups attached to an aromatic ring is 1. The van der Waals surface area contributed by atoms with Crippen LogP contribution in [0.3, 0.4) is 0 Å². The van der Waals surface area contributed by atoms with E-state index in [4.69, 9.17) is 5.73 Å². The summed E-state index contributed by atoms with van der Waals surface area (Å²) in [7, 11) is 0. The van der Waals surface area contributed by atoms with Crippen LogP contribution in [0.2, 0.25) is 0 Å². The van der Waals surface area contributed by atoms with Crippen molar-refractivity contribution >= 4 is 39.0 Å². The molecule has 2 aromatic rings. The summed E-state index contributed by atoms with van der Waals surface area (Å²) < 4.78 is 0.766. The number of nitrogens with one attached hydrogen (secondary N) is 2. The molecule has 0 aliphatic carbocycles. The van der Waals surface area contributed by atoms with Crippen LogP contribution >= 0.6 is 15.9 Å². The molecule has 2 rings (SSSR count). The van der Waals surface area contributed by atoms with Crippen LogP contribution in [0.15, 0.2) is 46.9 Å². The third-order valence-corrected chi connectivity index (χ3v) is 3.13. The number of hydrogen-bond acceptors (Lipinski definition) is 3. The zero-order valence-electron chi connectivity index (χ0n) is 9.85. The fourth-order valence-electron chi connectivity index (χ4n) is 1.50. The maximum Gasteiger partial charge on any atom is 0.323 e. The van der Waals surface area contributed by atoms with Crippen LogP contribution in [0.25, 0.3) is 0 Å². The first-order valence-electron chi connectivity index (χ1n) is 5.48. The van der Waals surface area contributed by atoms with Crippen LogP contribution in [0.1, 0.15) is 0 Å². The summed E-state index contributed by atoms with van der Waals surface area (Å²) in [5, 5.41) is 14.9. The Kier molecular flexibility index (Phi) is 3.91. The predicted molar refractivity (Wildman–Crippen MR) is 79.3 cm³/mol. The van der Waals surface area contributed by atoms with Crippen LogP contribution in [0.5, 0.6) is 5.75 Å². The van der Waals surface area contributed by atoms with Gasteiger partial charge in [-0.1, -0.05) is 18.2 Å². The second-order valence-electron chi connectivity index (χ2n) is 3.80. The highest BCUT2D eigenvalue weighted by Crippen LogP contribution is 2.29. The Bertz CT molecular complexity index is 617. The van der Waals surface area contributed by atoms with Gasteiger partial charge in [-0.15, -0.1) is 0 Å². The van der Waals surface area contributed by atoms with Gasteiger partial charge in [0.2, 0.25) is 0 Å². The summed E-state index contributed by atoms with van der Waals surface area (Å²) in [5.74, 6) is -0.148. The van der Waals surface area contributed by atoms with Gasteiger partial charge in [-0.25, -0.2) is 4.79 Å². The number of rotatable bonds is 2. The van der Waals surface area contributed by atoms with Crippen molar-refractivity contribution in [2.45, 2.75) is 0 Å². The number of hydrogen-bond donors (Lipinski definition) is 4. The second-order valence-corrected chi connectivity index (χ2v) is 4.66. The maximum absolute atomic E-state index is 11.8. The van der Waals surface area contributed by atoms with Gasteiger partial charge in [0.15, 0.2) is 5.75 Å². The average Bonchev–Trinajstić information content (AvgIpc) is 2.38. The molecule has 19 heavy (non-hydrogen) atoms. The first kappa shape index (κ1) is 13.2. The Labute approximate surface area is 118 Å². The zero-order valence-corrected chi connectivity index (χ0v) is 11.4. The lowest BCUT2D eigenvalue weighted by Gasteiger charge is -2.11. The summed E-state index contributed by atoms with van der Waals surface area (Å²) in [6.07, 6.45) is 0. The van der Waals surface area contributed by atoms with Crippen LogP contribution in [0.4, 0.5) is 21.9 Å². The van der Waals surface area contributed by atoms with Crippen LogP contribution in [-0.4, -0.2) is 11.1 Å². The van der Waals surface area contributed by atoms with Crippen molar-refractivity contribution in [1.82, 2.24) is 0 Å². The molecule has 0 aliphatic heterocycles. The van der Waals surface area contributed by atoms with Crippen molar-refractivity contribution in [3.63, 3.8) is 0 Å². The molecule has 0 aliphatic rings. The van der Waals surface area contributed by atoms with E-state index in [2.05, 4.69) is 26.6 Å². The summed E-state index contributed by atoms with van der Waals surface area (Å²) in [6.45, 7) is 0. The number of halogens is 1. The minimum atomic E-state index is -0.465. The number of urea groups is 1. The van der Waals surface area contributed by atoms with Crippen molar-refractivity contribution in [3.8, 4) is 5.75 Å². The molecule has 0 aromatic heterocycles. The number of amides is 2. The van der Waals surface area contributed by atoms with Gasteiger partial charge in [0, 0.05) is 4.47 Å². The summed E-state index contributed by atoms with van der Waals surface area (Å²) in [6, 6.07) is 11.5. The molecule has 2 aromatic carbocycles. The molecule has 98 valence electrons. The van der Waals surface area contributed by atoms with Gasteiger partial charge in [0.05, 0.1) is 17.1 Å². The van der Waals surface area contributed by atoms with Gasteiger partial charge >= 0.3 is 6.03 Å². The Morgan fingerprint density at radius 1 is 1.05 bits per heavy atom. The molecular formula is C13H12BrN3O2. The first-order valence-corrected chi connectivity index (χ1v) is 6.27. The molecule has 0 atom stereocenters. The van der Waals surface area contributed by atoms with E-state index in [9.17, 15) is 9.90 Å². The van der Waals surface area contributed by atoms with Crippen molar-refractivity contribution in [2.24, 2.45) is 0 Å². The van der Waals surface area contributed by atoms with Crippen LogP contribution in [0, 0.1) is 0 Å². The number of nitrogens with two attached hydrogens (primary N) is 1. The lowest BCUT2D eigenvalue weighted by molar-refractivity contribution is 0.262. The normalized spacial score (nSPS) is 9.95. The molecular weight excluding hydrogens is 310 g/mol. The second kappa shape index (κ2) is 5.62. The minimum absolute atomic E-state index is 0.148. The smallest absolute Gasteiger partial charge is 0.323 e. The summed E-state index contributed by atoms with van der Waals surface area (Å²) in [5.41, 5.74) is 6.63. The maximum atomic E-state index is 11.8. The fraction of sp³-hybridized carbons (Fsp3) is 0. The number of anilines is 3. The number of aromatic hydroxyl groups is 1. The molecule has 0 saturated carbocycles. The van der Waals surface area contributed by atoms with Crippen LogP contribution < -0.4 is 16.4 Å². The first-order chi connectivity index (χ1) is 9.08. The van der Waals surface area contributed by atoms with E-state index >= 15 is 0 Å².